The molecule has 1 saturated carbocycles. The third kappa shape index (κ3) is 1.08. The Balaban J connectivity index is 2.19. The highest BCUT2D eigenvalue weighted by Crippen LogP contribution is 2.74. The lowest BCUT2D eigenvalue weighted by Crippen LogP contribution is -2.68. The van der Waals surface area contributed by atoms with Crippen LogP contribution in [-0.4, -0.2) is 23.9 Å². The molecule has 0 N–H and O–H groups in total. The molecule has 6 nitrogen and oxygen atoms in total. The van der Waals surface area contributed by atoms with Gasteiger partial charge in [-0.3, -0.25) is 19.2 Å². The quantitative estimate of drug-likeness (QED) is 0.563. The highest BCUT2D eigenvalue weighted by atomic mass is 16.6. The van der Waals surface area contributed by atoms with Gasteiger partial charge in [-0.15, -0.1) is 0 Å². The average Bonchev–Trinajstić information content (AvgIpc) is 2.69. The maximum atomic E-state index is 12.3. The number of hydrogen-bond acceptors (Lipinski definition) is 6. The van der Waals surface area contributed by atoms with E-state index in [1.807, 2.05) is 13.8 Å². The van der Waals surface area contributed by atoms with Gasteiger partial charge in [0.25, 0.3) is 0 Å². The fourth-order valence-electron chi connectivity index (χ4n) is 4.56. The van der Waals surface area contributed by atoms with Gasteiger partial charge in [-0.05, 0) is 12.8 Å². The SMILES string of the molecule is CCCC12C(=O)OC(=O)C1C1C(=O)OC(=O)C12CCC. The number of carbonyl (C=O) groups is 4. The van der Waals surface area contributed by atoms with Crippen LogP contribution in [0.25, 0.3) is 0 Å². The van der Waals surface area contributed by atoms with Crippen LogP contribution in [0.3, 0.4) is 0 Å². The molecule has 2 saturated heterocycles. The Kier molecular flexibility index (Phi) is 2.59. The average molecular weight is 280 g/mol. The Morgan fingerprint density at radius 1 is 0.800 bits per heavy atom. The minimum atomic E-state index is -1.19. The summed E-state index contributed by atoms with van der Waals surface area (Å²) < 4.78 is 9.54. The molecule has 6 heteroatoms. The molecule has 3 fully saturated rings. The van der Waals surface area contributed by atoms with E-state index in [2.05, 4.69) is 0 Å². The summed E-state index contributed by atoms with van der Waals surface area (Å²) in [6, 6.07) is 0. The minimum Gasteiger partial charge on any atom is -0.392 e. The Labute approximate surface area is 115 Å². The summed E-state index contributed by atoms with van der Waals surface area (Å²) in [4.78, 5) is 48.4. The van der Waals surface area contributed by atoms with Crippen molar-refractivity contribution in [1.29, 1.82) is 0 Å². The molecule has 20 heavy (non-hydrogen) atoms. The normalized spacial score (nSPS) is 41.9. The highest BCUT2D eigenvalue weighted by Gasteiger charge is 2.88. The van der Waals surface area contributed by atoms with Gasteiger partial charge in [0.15, 0.2) is 0 Å². The Bertz CT molecular complexity index is 490. The molecular formula is C14H16O6. The van der Waals surface area contributed by atoms with Gasteiger partial charge in [0.1, 0.15) is 0 Å². The minimum absolute atomic E-state index is 0.362. The summed E-state index contributed by atoms with van der Waals surface area (Å²) in [7, 11) is 0. The molecule has 0 aromatic heterocycles. The largest absolute Gasteiger partial charge is 0.392 e. The third-order valence-corrected chi connectivity index (χ3v) is 5.10. The van der Waals surface area contributed by atoms with Crippen LogP contribution in [0.5, 0.6) is 0 Å². The maximum Gasteiger partial charge on any atom is 0.321 e. The molecule has 1 aliphatic carbocycles. The zero-order valence-corrected chi connectivity index (χ0v) is 11.4. The van der Waals surface area contributed by atoms with Crippen LogP contribution in [0.2, 0.25) is 0 Å². The molecule has 2 heterocycles. The second-order valence-electron chi connectivity index (χ2n) is 5.82. The zero-order valence-electron chi connectivity index (χ0n) is 11.4. The monoisotopic (exact) mass is 280 g/mol. The molecule has 3 rings (SSSR count). The van der Waals surface area contributed by atoms with Crippen LogP contribution in [0.4, 0.5) is 0 Å². The number of carbonyl (C=O) groups excluding carboxylic acids is 4. The molecule has 0 aromatic rings. The van der Waals surface area contributed by atoms with Crippen LogP contribution in [0, 0.1) is 22.7 Å². The summed E-state index contributed by atoms with van der Waals surface area (Å²) >= 11 is 0. The van der Waals surface area contributed by atoms with Gasteiger partial charge in [0.05, 0.1) is 22.7 Å². The molecule has 0 aromatic carbocycles. The number of hydrogen-bond donors (Lipinski definition) is 0. The summed E-state index contributed by atoms with van der Waals surface area (Å²) in [5, 5.41) is 0. The molecule has 108 valence electrons. The highest BCUT2D eigenvalue weighted by molar-refractivity contribution is 6.14. The van der Waals surface area contributed by atoms with Crippen LogP contribution >= 0.6 is 0 Å². The third-order valence-electron chi connectivity index (χ3n) is 5.10. The Hall–Kier alpha value is -1.72. The lowest BCUT2D eigenvalue weighted by Gasteiger charge is -2.56. The first-order chi connectivity index (χ1) is 9.47. The standard InChI is InChI=1S/C14H16O6/c1-3-5-13-7(9(15)19-11(13)17)8-10(16)20-12(18)14(8,13)6-4-2/h7-8H,3-6H2,1-2H3. The van der Waals surface area contributed by atoms with E-state index in [4.69, 9.17) is 9.47 Å². The summed E-state index contributed by atoms with van der Waals surface area (Å²) in [6.07, 6.45) is 1.97. The summed E-state index contributed by atoms with van der Waals surface area (Å²) in [6.45, 7) is 3.74. The van der Waals surface area contributed by atoms with Crippen molar-refractivity contribution in [2.75, 3.05) is 0 Å². The van der Waals surface area contributed by atoms with Gasteiger partial charge in [0, 0.05) is 0 Å². The van der Waals surface area contributed by atoms with E-state index in [-0.39, 0.29) is 0 Å². The molecule has 4 atom stereocenters. The van der Waals surface area contributed by atoms with Gasteiger partial charge < -0.3 is 9.47 Å². The first-order valence-electron chi connectivity index (χ1n) is 6.99. The molecular weight excluding hydrogens is 264 g/mol. The van der Waals surface area contributed by atoms with Gasteiger partial charge in [-0.2, -0.15) is 0 Å². The smallest absolute Gasteiger partial charge is 0.321 e. The molecule has 0 radical (unpaired) electrons. The van der Waals surface area contributed by atoms with Crippen molar-refractivity contribution in [3.63, 3.8) is 0 Å². The van der Waals surface area contributed by atoms with Crippen LogP contribution < -0.4 is 0 Å². The van der Waals surface area contributed by atoms with Gasteiger partial charge >= 0.3 is 23.9 Å². The molecule has 0 bridgehead atoms. The predicted molar refractivity (Wildman–Crippen MR) is 63.9 cm³/mol. The summed E-state index contributed by atoms with van der Waals surface area (Å²) in [5.74, 6) is -4.39. The van der Waals surface area contributed by atoms with Crippen molar-refractivity contribution < 1.29 is 28.7 Å². The van der Waals surface area contributed by atoms with E-state index in [1.165, 1.54) is 0 Å². The molecule has 0 spiro atoms. The van der Waals surface area contributed by atoms with Gasteiger partial charge in [-0.1, -0.05) is 26.7 Å². The maximum absolute atomic E-state index is 12.3. The number of esters is 4. The van der Waals surface area contributed by atoms with Crippen molar-refractivity contribution in [2.24, 2.45) is 22.7 Å². The Morgan fingerprint density at radius 2 is 1.15 bits per heavy atom. The van der Waals surface area contributed by atoms with Crippen LogP contribution in [0.15, 0.2) is 0 Å². The Morgan fingerprint density at radius 3 is 1.45 bits per heavy atom. The van der Waals surface area contributed by atoms with Crippen molar-refractivity contribution in [1.82, 2.24) is 0 Å². The van der Waals surface area contributed by atoms with E-state index in [9.17, 15) is 19.2 Å². The molecule has 3 aliphatic rings. The zero-order chi connectivity index (χ0) is 14.7. The number of cyclic esters (lactones) is 4. The summed E-state index contributed by atoms with van der Waals surface area (Å²) in [5.41, 5.74) is -2.38. The van der Waals surface area contributed by atoms with Crippen LogP contribution in [-0.2, 0) is 28.7 Å². The fourth-order valence-corrected chi connectivity index (χ4v) is 4.56. The van der Waals surface area contributed by atoms with E-state index in [0.717, 1.165) is 0 Å². The second kappa shape index (κ2) is 3.90. The first kappa shape index (κ1) is 13.3. The lowest BCUT2D eigenvalue weighted by atomic mass is 9.37. The van der Waals surface area contributed by atoms with E-state index in [0.29, 0.717) is 25.7 Å². The first-order valence-corrected chi connectivity index (χ1v) is 6.99. The second-order valence-corrected chi connectivity index (χ2v) is 5.82. The van der Waals surface area contributed by atoms with Crippen molar-refractivity contribution >= 4 is 23.9 Å². The number of rotatable bonds is 4. The van der Waals surface area contributed by atoms with Crippen LogP contribution in [0.1, 0.15) is 39.5 Å². The van der Waals surface area contributed by atoms with E-state index < -0.39 is 46.5 Å². The van der Waals surface area contributed by atoms with Crippen molar-refractivity contribution in [3.05, 3.63) is 0 Å². The van der Waals surface area contributed by atoms with Crippen molar-refractivity contribution in [2.45, 2.75) is 39.5 Å². The van der Waals surface area contributed by atoms with Gasteiger partial charge in [0.2, 0.25) is 0 Å². The molecule has 2 aliphatic heterocycles. The lowest BCUT2D eigenvalue weighted by molar-refractivity contribution is -0.196. The number of ether oxygens (including phenoxy) is 2. The van der Waals surface area contributed by atoms with E-state index in [1.54, 1.807) is 0 Å². The molecule has 4 unspecified atom stereocenters. The van der Waals surface area contributed by atoms with E-state index >= 15 is 0 Å². The predicted octanol–water partition coefficient (Wildman–Crippen LogP) is 0.972. The fraction of sp³-hybridized carbons (Fsp3) is 0.714. The molecule has 0 amide bonds. The van der Waals surface area contributed by atoms with Crippen molar-refractivity contribution in [3.8, 4) is 0 Å². The van der Waals surface area contributed by atoms with Gasteiger partial charge in [-0.25, -0.2) is 0 Å². The number of fused-ring (bicyclic) bond motifs is 4. The topological polar surface area (TPSA) is 86.7 Å².